The molecule has 0 aliphatic carbocycles. The summed E-state index contributed by atoms with van der Waals surface area (Å²) in [7, 11) is 0. The van der Waals surface area contributed by atoms with E-state index < -0.39 is 12.2 Å². The van der Waals surface area contributed by atoms with E-state index >= 15 is 0 Å². The van der Waals surface area contributed by atoms with E-state index in [1.54, 1.807) is 0 Å². The van der Waals surface area contributed by atoms with Gasteiger partial charge in [-0.3, -0.25) is 4.98 Å². The SMILES string of the molecule is CC(C)(C)C(O)CC(O)C(C)(C)C.CC(C)(C)c1c[c-]c(-c2ccc3ccccc3n2)cc1.[Ir]. The van der Waals surface area contributed by atoms with Crippen LogP contribution in [0.2, 0.25) is 0 Å². The Morgan fingerprint density at radius 3 is 1.79 bits per heavy atom. The zero-order chi connectivity index (χ0) is 25.0. The molecule has 0 amide bonds. The van der Waals surface area contributed by atoms with Crippen LogP contribution in [0.1, 0.15) is 74.3 Å². The van der Waals surface area contributed by atoms with Gasteiger partial charge in [0.2, 0.25) is 0 Å². The second-order valence-corrected chi connectivity index (χ2v) is 12.1. The number of para-hydroxylation sites is 1. The van der Waals surface area contributed by atoms with Crippen molar-refractivity contribution in [2.75, 3.05) is 0 Å². The summed E-state index contributed by atoms with van der Waals surface area (Å²) in [4.78, 5) is 4.71. The predicted octanol–water partition coefficient (Wildman–Crippen LogP) is 7.19. The normalized spacial score (nSPS) is 14.0. The van der Waals surface area contributed by atoms with Crippen molar-refractivity contribution >= 4 is 10.9 Å². The molecule has 0 aliphatic rings. The first-order valence-electron chi connectivity index (χ1n) is 11.8. The maximum atomic E-state index is 9.76. The van der Waals surface area contributed by atoms with Crippen molar-refractivity contribution in [3.8, 4) is 11.3 Å². The summed E-state index contributed by atoms with van der Waals surface area (Å²) in [5.74, 6) is 0. The first-order valence-corrected chi connectivity index (χ1v) is 11.8. The Hall–Kier alpha value is -1.58. The third kappa shape index (κ3) is 8.89. The van der Waals surface area contributed by atoms with Gasteiger partial charge in [-0.15, -0.1) is 35.4 Å². The molecular formula is C30H42IrNO2-. The van der Waals surface area contributed by atoms with Gasteiger partial charge in [0.1, 0.15) is 0 Å². The zero-order valence-corrected chi connectivity index (χ0v) is 24.6. The molecule has 0 bridgehead atoms. The Kier molecular flexibility index (Phi) is 10.7. The average Bonchev–Trinajstić information content (AvgIpc) is 2.72. The van der Waals surface area contributed by atoms with E-state index in [0.717, 1.165) is 16.8 Å². The Bertz CT molecular complexity index is 1010. The number of fused-ring (bicyclic) bond motifs is 1. The molecule has 3 aromatic rings. The molecule has 2 N–H and O–H groups in total. The maximum Gasteiger partial charge on any atom is 0.0613 e. The number of aliphatic hydroxyl groups excluding tert-OH is 2. The monoisotopic (exact) mass is 641 g/mol. The van der Waals surface area contributed by atoms with Crippen molar-refractivity contribution in [3.63, 3.8) is 0 Å². The van der Waals surface area contributed by atoms with E-state index in [4.69, 9.17) is 4.98 Å². The van der Waals surface area contributed by atoms with Gasteiger partial charge in [0, 0.05) is 26.5 Å². The van der Waals surface area contributed by atoms with Gasteiger partial charge >= 0.3 is 0 Å². The molecule has 2 unspecified atom stereocenters. The van der Waals surface area contributed by atoms with Crippen molar-refractivity contribution < 1.29 is 30.3 Å². The second-order valence-electron chi connectivity index (χ2n) is 12.1. The fraction of sp³-hybridized carbons (Fsp3) is 0.500. The van der Waals surface area contributed by atoms with Gasteiger partial charge in [-0.25, -0.2) is 0 Å². The Balaban J connectivity index is 0.000000364. The third-order valence-electron chi connectivity index (χ3n) is 6.00. The molecule has 3 rings (SSSR count). The van der Waals surface area contributed by atoms with Crippen LogP contribution >= 0.6 is 0 Å². The van der Waals surface area contributed by atoms with E-state index in [2.05, 4.69) is 63.2 Å². The number of hydrogen-bond acceptors (Lipinski definition) is 3. The van der Waals surface area contributed by atoms with E-state index in [9.17, 15) is 10.2 Å². The summed E-state index contributed by atoms with van der Waals surface area (Å²) in [6.45, 7) is 18.5. The van der Waals surface area contributed by atoms with Crippen LogP contribution in [0.3, 0.4) is 0 Å². The first kappa shape index (κ1) is 30.5. The van der Waals surface area contributed by atoms with Gasteiger partial charge in [0.05, 0.1) is 17.7 Å². The summed E-state index contributed by atoms with van der Waals surface area (Å²) < 4.78 is 0. The molecule has 34 heavy (non-hydrogen) atoms. The number of pyridine rings is 1. The smallest absolute Gasteiger partial charge is 0.0613 e. The Labute approximate surface area is 220 Å². The van der Waals surface area contributed by atoms with Gasteiger partial charge in [0.25, 0.3) is 0 Å². The van der Waals surface area contributed by atoms with E-state index in [1.807, 2.05) is 59.7 Å². The quantitative estimate of drug-likeness (QED) is 0.298. The molecule has 1 heterocycles. The molecule has 0 saturated carbocycles. The van der Waals surface area contributed by atoms with Crippen LogP contribution in [0, 0.1) is 16.9 Å². The van der Waals surface area contributed by atoms with Gasteiger partial charge in [-0.1, -0.05) is 92.6 Å². The van der Waals surface area contributed by atoms with Gasteiger partial charge in [-0.2, -0.15) is 0 Å². The minimum Gasteiger partial charge on any atom is -0.392 e. The number of aromatic nitrogens is 1. The summed E-state index contributed by atoms with van der Waals surface area (Å²) in [6.07, 6.45) is -0.434. The molecular weight excluding hydrogens is 599 g/mol. The van der Waals surface area contributed by atoms with Crippen LogP contribution in [0.4, 0.5) is 0 Å². The summed E-state index contributed by atoms with van der Waals surface area (Å²) in [5.41, 5.74) is 4.21. The molecule has 3 nitrogen and oxygen atoms in total. The van der Waals surface area contributed by atoms with Crippen molar-refractivity contribution in [1.29, 1.82) is 0 Å². The topological polar surface area (TPSA) is 53.4 Å². The third-order valence-corrected chi connectivity index (χ3v) is 6.00. The van der Waals surface area contributed by atoms with Crippen molar-refractivity contribution in [2.24, 2.45) is 10.8 Å². The summed E-state index contributed by atoms with van der Waals surface area (Å²) in [5, 5.41) is 20.7. The van der Waals surface area contributed by atoms with Crippen LogP contribution in [0.5, 0.6) is 0 Å². The van der Waals surface area contributed by atoms with Crippen LogP contribution in [-0.2, 0) is 25.5 Å². The van der Waals surface area contributed by atoms with Crippen LogP contribution in [0.25, 0.3) is 22.2 Å². The predicted molar refractivity (Wildman–Crippen MR) is 140 cm³/mol. The standard InChI is InChI=1S/C19H18N.C11H24O2.Ir/c1-19(2,3)16-11-8-15(9-12-16)18-13-10-14-6-4-5-7-17(14)20-18;1-10(2,3)8(12)7-9(13)11(4,5)6;/h4-8,10-13H,1-3H3;8-9,12-13H,7H2,1-6H3;/q-1;;. The van der Waals surface area contributed by atoms with Crippen LogP contribution in [-0.4, -0.2) is 27.4 Å². The zero-order valence-electron chi connectivity index (χ0n) is 22.2. The minimum absolute atomic E-state index is 0. The fourth-order valence-corrected chi connectivity index (χ4v) is 3.19. The number of rotatable bonds is 3. The second kappa shape index (κ2) is 11.9. The number of hydrogen-bond donors (Lipinski definition) is 2. The first-order chi connectivity index (χ1) is 15.1. The molecule has 1 radical (unpaired) electrons. The number of benzene rings is 2. The molecule has 0 aliphatic heterocycles. The fourth-order valence-electron chi connectivity index (χ4n) is 3.19. The van der Waals surface area contributed by atoms with E-state index in [-0.39, 0.29) is 36.4 Å². The summed E-state index contributed by atoms with van der Waals surface area (Å²) >= 11 is 0. The van der Waals surface area contributed by atoms with E-state index in [1.165, 1.54) is 10.9 Å². The molecule has 189 valence electrons. The van der Waals surface area contributed by atoms with Crippen LogP contribution < -0.4 is 0 Å². The molecule has 0 spiro atoms. The maximum absolute atomic E-state index is 9.76. The van der Waals surface area contributed by atoms with Crippen LogP contribution in [0.15, 0.2) is 54.6 Å². The Morgan fingerprint density at radius 1 is 0.765 bits per heavy atom. The molecule has 4 heteroatoms. The van der Waals surface area contributed by atoms with Crippen molar-refractivity contribution in [2.45, 2.75) is 86.4 Å². The minimum atomic E-state index is -0.443. The molecule has 0 saturated heterocycles. The van der Waals surface area contributed by atoms with Crippen molar-refractivity contribution in [3.05, 3.63) is 66.2 Å². The molecule has 0 fully saturated rings. The summed E-state index contributed by atoms with van der Waals surface area (Å²) in [6, 6.07) is 22.1. The molecule has 1 aromatic heterocycles. The Morgan fingerprint density at radius 2 is 1.32 bits per heavy atom. The van der Waals surface area contributed by atoms with E-state index in [0.29, 0.717) is 6.42 Å². The average molecular weight is 641 g/mol. The number of aliphatic hydroxyl groups is 2. The van der Waals surface area contributed by atoms with Crippen molar-refractivity contribution in [1.82, 2.24) is 4.98 Å². The largest absolute Gasteiger partial charge is 0.392 e. The molecule has 2 atom stereocenters. The van der Waals surface area contributed by atoms with Gasteiger partial charge in [0.15, 0.2) is 0 Å². The van der Waals surface area contributed by atoms with Gasteiger partial charge < -0.3 is 10.2 Å². The molecule has 2 aromatic carbocycles. The number of nitrogens with zero attached hydrogens (tertiary/aromatic N) is 1. The van der Waals surface area contributed by atoms with Gasteiger partial charge in [-0.05, 0) is 33.4 Å².